The second-order valence-corrected chi connectivity index (χ2v) is 6.01. The molecule has 0 spiro atoms. The number of nitriles is 1. The summed E-state index contributed by atoms with van der Waals surface area (Å²) in [5.74, 6) is 0. The van der Waals surface area contributed by atoms with Gasteiger partial charge < -0.3 is 5.32 Å². The monoisotopic (exact) mass is 236 g/mol. The Balaban J connectivity index is 2.73. The first kappa shape index (κ1) is 11.0. The molecule has 16 heavy (non-hydrogen) atoms. The Hall–Kier alpha value is -1.54. The number of anilines is 1. The topological polar surface area (TPSA) is 70.0 Å². The van der Waals surface area contributed by atoms with Crippen molar-refractivity contribution in [3.8, 4) is 6.07 Å². The number of hydrogen-bond acceptors (Lipinski definition) is 4. The molecule has 0 fully saturated rings. The minimum atomic E-state index is -3.53. The molecule has 0 aliphatic carbocycles. The van der Waals surface area contributed by atoms with Gasteiger partial charge in [0.2, 0.25) is 0 Å². The first-order valence-corrected chi connectivity index (χ1v) is 6.53. The lowest BCUT2D eigenvalue weighted by Crippen LogP contribution is -2.41. The van der Waals surface area contributed by atoms with Crippen molar-refractivity contribution in [3.05, 3.63) is 23.8 Å². The van der Waals surface area contributed by atoms with Crippen molar-refractivity contribution in [2.45, 2.75) is 30.0 Å². The molecule has 2 atom stereocenters. The molecule has 0 saturated heterocycles. The fourth-order valence-corrected chi connectivity index (χ4v) is 3.74. The van der Waals surface area contributed by atoms with E-state index in [1.54, 1.807) is 19.1 Å². The third-order valence-electron chi connectivity index (χ3n) is 2.83. The normalized spacial score (nSPS) is 26.3. The van der Waals surface area contributed by atoms with Crippen molar-refractivity contribution < 1.29 is 8.42 Å². The molecule has 2 rings (SSSR count). The summed E-state index contributed by atoms with van der Waals surface area (Å²) in [6, 6.07) is 6.55. The van der Waals surface area contributed by atoms with Gasteiger partial charge in [-0.05, 0) is 25.5 Å². The average molecular weight is 236 g/mol. The summed E-state index contributed by atoms with van der Waals surface area (Å²) in [4.78, 5) is 0.233. The third-order valence-corrected chi connectivity index (χ3v) is 4.96. The molecule has 5 heteroatoms. The van der Waals surface area contributed by atoms with Gasteiger partial charge in [-0.25, -0.2) is 8.42 Å². The van der Waals surface area contributed by atoms with Crippen LogP contribution >= 0.6 is 0 Å². The fourth-order valence-electron chi connectivity index (χ4n) is 1.95. The number of aryl methyl sites for hydroxylation is 1. The van der Waals surface area contributed by atoms with Crippen LogP contribution in [0.2, 0.25) is 0 Å². The molecule has 0 radical (unpaired) electrons. The summed E-state index contributed by atoms with van der Waals surface area (Å²) in [7, 11) is -3.53. The van der Waals surface area contributed by atoms with Gasteiger partial charge in [-0.2, -0.15) is 5.26 Å². The summed E-state index contributed by atoms with van der Waals surface area (Å²) in [6.07, 6.45) is 0. The van der Waals surface area contributed by atoms with Crippen molar-refractivity contribution in [1.82, 2.24) is 0 Å². The summed E-state index contributed by atoms with van der Waals surface area (Å²) in [5.41, 5.74) is 1.51. The maximum atomic E-state index is 12.1. The lowest BCUT2D eigenvalue weighted by molar-refractivity contribution is 0.577. The predicted molar refractivity (Wildman–Crippen MR) is 60.9 cm³/mol. The van der Waals surface area contributed by atoms with Gasteiger partial charge in [-0.1, -0.05) is 12.1 Å². The Morgan fingerprint density at radius 3 is 2.75 bits per heavy atom. The summed E-state index contributed by atoms with van der Waals surface area (Å²) < 4.78 is 24.3. The quantitative estimate of drug-likeness (QED) is 0.740. The van der Waals surface area contributed by atoms with Crippen LogP contribution in [0.4, 0.5) is 5.69 Å². The first-order valence-electron chi connectivity index (χ1n) is 4.98. The zero-order valence-electron chi connectivity index (χ0n) is 9.06. The van der Waals surface area contributed by atoms with Gasteiger partial charge in [-0.3, -0.25) is 0 Å². The third kappa shape index (κ3) is 1.38. The molecule has 4 nitrogen and oxygen atoms in total. The summed E-state index contributed by atoms with van der Waals surface area (Å²) >= 11 is 0. The van der Waals surface area contributed by atoms with Crippen molar-refractivity contribution >= 4 is 15.5 Å². The predicted octanol–water partition coefficient (Wildman–Crippen LogP) is 1.47. The summed E-state index contributed by atoms with van der Waals surface area (Å²) in [5, 5.41) is 11.0. The van der Waals surface area contributed by atoms with E-state index in [2.05, 4.69) is 5.32 Å². The van der Waals surface area contributed by atoms with Crippen LogP contribution in [0.15, 0.2) is 23.1 Å². The van der Waals surface area contributed by atoms with Crippen LogP contribution in [0, 0.1) is 18.3 Å². The van der Waals surface area contributed by atoms with E-state index in [4.69, 9.17) is 5.26 Å². The second-order valence-electron chi connectivity index (χ2n) is 3.98. The van der Waals surface area contributed by atoms with Crippen molar-refractivity contribution in [3.63, 3.8) is 0 Å². The van der Waals surface area contributed by atoms with E-state index < -0.39 is 15.1 Å². The van der Waals surface area contributed by atoms with Gasteiger partial charge in [0.1, 0.15) is 0 Å². The average Bonchev–Trinajstić information content (AvgIpc) is 2.20. The molecule has 1 heterocycles. The fraction of sp³-hybridized carbons (Fsp3) is 0.364. The standard InChI is InChI=1S/C11H12N2O2S/c1-7-4-3-5-9-11(7)13-8(2)10(6-12)16(9,14)15/h3-5,8,10,13H,1-2H3. The molecular weight excluding hydrogens is 224 g/mol. The molecule has 0 aromatic heterocycles. The van der Waals surface area contributed by atoms with Crippen LogP contribution in [0.1, 0.15) is 12.5 Å². The molecular formula is C11H12N2O2S. The van der Waals surface area contributed by atoms with Gasteiger partial charge in [0, 0.05) is 0 Å². The molecule has 2 unspecified atom stereocenters. The van der Waals surface area contributed by atoms with E-state index in [1.165, 1.54) is 0 Å². The van der Waals surface area contributed by atoms with Gasteiger partial charge in [0.25, 0.3) is 0 Å². The van der Waals surface area contributed by atoms with Gasteiger partial charge in [0.15, 0.2) is 15.1 Å². The van der Waals surface area contributed by atoms with Crippen molar-refractivity contribution in [2.75, 3.05) is 5.32 Å². The zero-order valence-corrected chi connectivity index (χ0v) is 9.88. The number of hydrogen-bond donors (Lipinski definition) is 1. The SMILES string of the molecule is Cc1cccc2c1NC(C)C(C#N)S2(=O)=O. The van der Waals surface area contributed by atoms with Crippen molar-refractivity contribution in [2.24, 2.45) is 0 Å². The van der Waals surface area contributed by atoms with E-state index in [9.17, 15) is 8.42 Å². The molecule has 1 aliphatic heterocycles. The van der Waals surface area contributed by atoms with E-state index >= 15 is 0 Å². The summed E-state index contributed by atoms with van der Waals surface area (Å²) in [6.45, 7) is 3.56. The Labute approximate surface area is 94.8 Å². The zero-order chi connectivity index (χ0) is 11.9. The van der Waals surface area contributed by atoms with E-state index in [0.717, 1.165) is 5.56 Å². The molecule has 0 amide bonds. The lowest BCUT2D eigenvalue weighted by Gasteiger charge is -2.29. The number of nitrogens with zero attached hydrogens (tertiary/aromatic N) is 1. The molecule has 1 aliphatic rings. The first-order chi connectivity index (χ1) is 7.48. The van der Waals surface area contributed by atoms with E-state index in [1.807, 2.05) is 19.1 Å². The molecule has 1 N–H and O–H groups in total. The second kappa shape index (κ2) is 3.49. The number of sulfone groups is 1. The number of nitrogens with one attached hydrogen (secondary N) is 1. The minimum absolute atomic E-state index is 0.233. The van der Waals surface area contributed by atoms with Crippen molar-refractivity contribution in [1.29, 1.82) is 5.26 Å². The maximum Gasteiger partial charge on any atom is 0.198 e. The van der Waals surface area contributed by atoms with Crippen LogP contribution in [-0.2, 0) is 9.84 Å². The van der Waals surface area contributed by atoms with Crippen LogP contribution in [0.3, 0.4) is 0 Å². The number of fused-ring (bicyclic) bond motifs is 1. The van der Waals surface area contributed by atoms with Gasteiger partial charge >= 0.3 is 0 Å². The molecule has 1 aromatic rings. The smallest absolute Gasteiger partial charge is 0.198 e. The molecule has 1 aromatic carbocycles. The van der Waals surface area contributed by atoms with Crippen LogP contribution in [-0.4, -0.2) is 19.7 Å². The van der Waals surface area contributed by atoms with E-state index in [-0.39, 0.29) is 10.9 Å². The van der Waals surface area contributed by atoms with E-state index in [0.29, 0.717) is 5.69 Å². The molecule has 0 saturated carbocycles. The highest BCUT2D eigenvalue weighted by Crippen LogP contribution is 2.34. The lowest BCUT2D eigenvalue weighted by atomic mass is 10.1. The highest BCUT2D eigenvalue weighted by molar-refractivity contribution is 7.92. The molecule has 0 bridgehead atoms. The van der Waals surface area contributed by atoms with Crippen LogP contribution < -0.4 is 5.32 Å². The highest BCUT2D eigenvalue weighted by atomic mass is 32.2. The number of benzene rings is 1. The van der Waals surface area contributed by atoms with Crippen LogP contribution in [0.25, 0.3) is 0 Å². The Morgan fingerprint density at radius 2 is 2.12 bits per heavy atom. The molecule has 84 valence electrons. The Bertz CT molecular complexity index is 572. The number of para-hydroxylation sites is 1. The maximum absolute atomic E-state index is 12.1. The van der Waals surface area contributed by atoms with Gasteiger partial charge in [-0.15, -0.1) is 0 Å². The number of rotatable bonds is 0. The largest absolute Gasteiger partial charge is 0.379 e. The highest BCUT2D eigenvalue weighted by Gasteiger charge is 2.39. The Morgan fingerprint density at radius 1 is 1.44 bits per heavy atom. The minimum Gasteiger partial charge on any atom is -0.379 e. The van der Waals surface area contributed by atoms with Crippen LogP contribution in [0.5, 0.6) is 0 Å². The van der Waals surface area contributed by atoms with Gasteiger partial charge in [0.05, 0.1) is 22.7 Å². The Kier molecular flexibility index (Phi) is 2.39.